The summed E-state index contributed by atoms with van der Waals surface area (Å²) in [6.45, 7) is 0. The summed E-state index contributed by atoms with van der Waals surface area (Å²) in [4.78, 5) is 9.54. The van der Waals surface area contributed by atoms with E-state index in [-0.39, 0.29) is 12.1 Å². The van der Waals surface area contributed by atoms with Gasteiger partial charge in [-0.05, 0) is 25.0 Å². The summed E-state index contributed by atoms with van der Waals surface area (Å²) in [6.07, 6.45) is 9.29. The van der Waals surface area contributed by atoms with Crippen LogP contribution in [0.1, 0.15) is 25.7 Å². The van der Waals surface area contributed by atoms with E-state index in [1.807, 2.05) is 18.3 Å². The van der Waals surface area contributed by atoms with E-state index in [1.54, 1.807) is 16.9 Å². The molecule has 0 saturated heterocycles. The zero-order chi connectivity index (χ0) is 14.9. The lowest BCUT2D eigenvalue weighted by Gasteiger charge is -2.27. The number of rotatable bonds is 3. The lowest BCUT2D eigenvalue weighted by atomic mass is 9.93. The molecular weight excluding hydrogens is 298 g/mol. The van der Waals surface area contributed by atoms with Gasteiger partial charge < -0.3 is 10.4 Å². The lowest BCUT2D eigenvalue weighted by molar-refractivity contribution is 0.116. The molecule has 0 aliphatic heterocycles. The quantitative estimate of drug-likeness (QED) is 0.777. The highest BCUT2D eigenvalue weighted by Gasteiger charge is 2.24. The predicted molar refractivity (Wildman–Crippen MR) is 86.0 cm³/mol. The molecule has 3 heterocycles. The molecule has 1 aliphatic carbocycles. The normalized spacial score (nSPS) is 22.0. The summed E-state index contributed by atoms with van der Waals surface area (Å²) in [6, 6.07) is 3.98. The van der Waals surface area contributed by atoms with E-state index in [9.17, 15) is 5.11 Å². The summed E-state index contributed by atoms with van der Waals surface area (Å²) in [7, 11) is 0. The highest BCUT2D eigenvalue weighted by atomic mass is 32.1. The Kier molecular flexibility index (Phi) is 3.51. The number of hydrogen-bond acceptors (Lipinski definition) is 6. The van der Waals surface area contributed by atoms with Crippen LogP contribution in [0.2, 0.25) is 0 Å². The molecule has 7 heteroatoms. The van der Waals surface area contributed by atoms with Crippen molar-refractivity contribution in [3.63, 3.8) is 0 Å². The first-order valence-electron chi connectivity index (χ1n) is 7.51. The van der Waals surface area contributed by atoms with E-state index in [0.717, 1.165) is 47.0 Å². The number of anilines is 1. The van der Waals surface area contributed by atoms with Crippen molar-refractivity contribution in [2.75, 3.05) is 5.32 Å². The molecule has 0 amide bonds. The van der Waals surface area contributed by atoms with Gasteiger partial charge in [0.25, 0.3) is 0 Å². The van der Waals surface area contributed by atoms with Gasteiger partial charge in [0, 0.05) is 18.0 Å². The van der Waals surface area contributed by atoms with Crippen LogP contribution in [0.15, 0.2) is 30.7 Å². The van der Waals surface area contributed by atoms with Crippen LogP contribution in [-0.2, 0) is 0 Å². The van der Waals surface area contributed by atoms with Crippen molar-refractivity contribution in [3.05, 3.63) is 30.7 Å². The third kappa shape index (κ3) is 2.57. The Morgan fingerprint density at radius 1 is 1.32 bits per heavy atom. The molecule has 0 radical (unpaired) electrons. The van der Waals surface area contributed by atoms with Crippen molar-refractivity contribution in [1.29, 1.82) is 0 Å². The van der Waals surface area contributed by atoms with Crippen LogP contribution in [0.4, 0.5) is 5.13 Å². The molecule has 114 valence electrons. The smallest absolute Gasteiger partial charge is 0.214 e. The van der Waals surface area contributed by atoms with Crippen LogP contribution in [0.25, 0.3) is 16.2 Å². The standard InChI is InChI=1S/C15H17N5OS/c21-13-6-2-1-5-11(13)17-14-19-20-9-12(18-15(20)22-14)10-4-3-7-16-8-10/h3-4,7-9,11,13,21H,1-2,5-6H2,(H,17,19)/t11-,13-/m0/s1. The minimum Gasteiger partial charge on any atom is -0.391 e. The topological polar surface area (TPSA) is 75.3 Å². The molecule has 4 rings (SSSR count). The Hall–Kier alpha value is -1.99. The van der Waals surface area contributed by atoms with E-state index in [4.69, 9.17) is 0 Å². The van der Waals surface area contributed by atoms with Crippen molar-refractivity contribution in [1.82, 2.24) is 19.6 Å². The van der Waals surface area contributed by atoms with Gasteiger partial charge in [-0.1, -0.05) is 24.2 Å². The number of hydrogen-bond donors (Lipinski definition) is 2. The van der Waals surface area contributed by atoms with Crippen molar-refractivity contribution in [2.24, 2.45) is 0 Å². The summed E-state index contributed by atoms with van der Waals surface area (Å²) >= 11 is 1.51. The maximum Gasteiger partial charge on any atom is 0.214 e. The number of fused-ring (bicyclic) bond motifs is 1. The minimum atomic E-state index is -0.282. The van der Waals surface area contributed by atoms with Crippen molar-refractivity contribution in [3.8, 4) is 11.3 Å². The predicted octanol–water partition coefficient (Wildman–Crippen LogP) is 2.57. The molecule has 0 unspecified atom stereocenters. The monoisotopic (exact) mass is 315 g/mol. The molecule has 1 aliphatic rings. The van der Waals surface area contributed by atoms with Crippen LogP contribution in [0.3, 0.4) is 0 Å². The van der Waals surface area contributed by atoms with Crippen LogP contribution >= 0.6 is 11.3 Å². The average Bonchev–Trinajstić information content (AvgIpc) is 3.09. The fourth-order valence-electron chi connectivity index (χ4n) is 2.85. The first kappa shape index (κ1) is 13.7. The maximum atomic E-state index is 10.0. The van der Waals surface area contributed by atoms with Crippen LogP contribution in [0, 0.1) is 0 Å². The number of aliphatic hydroxyl groups excluding tert-OH is 1. The van der Waals surface area contributed by atoms with E-state index >= 15 is 0 Å². The van der Waals surface area contributed by atoms with Crippen molar-refractivity contribution in [2.45, 2.75) is 37.8 Å². The molecule has 1 saturated carbocycles. The number of aliphatic hydroxyl groups is 1. The minimum absolute atomic E-state index is 0.0994. The Bertz CT molecular complexity index is 737. The van der Waals surface area contributed by atoms with E-state index in [1.165, 1.54) is 11.3 Å². The fraction of sp³-hybridized carbons (Fsp3) is 0.400. The number of pyridine rings is 1. The Labute approximate surface area is 131 Å². The lowest BCUT2D eigenvalue weighted by Crippen LogP contribution is -2.36. The largest absolute Gasteiger partial charge is 0.391 e. The second-order valence-electron chi connectivity index (χ2n) is 5.60. The molecule has 3 aromatic heterocycles. The molecule has 1 fully saturated rings. The van der Waals surface area contributed by atoms with E-state index in [0.29, 0.717) is 0 Å². The number of nitrogens with zero attached hydrogens (tertiary/aromatic N) is 4. The molecule has 0 bridgehead atoms. The molecule has 0 aromatic carbocycles. The first-order chi connectivity index (χ1) is 10.8. The third-order valence-corrected chi connectivity index (χ3v) is 4.89. The van der Waals surface area contributed by atoms with E-state index < -0.39 is 0 Å². The van der Waals surface area contributed by atoms with Crippen LogP contribution < -0.4 is 5.32 Å². The van der Waals surface area contributed by atoms with Crippen molar-refractivity contribution >= 4 is 21.4 Å². The zero-order valence-electron chi connectivity index (χ0n) is 12.0. The second kappa shape index (κ2) is 5.66. The molecule has 3 aromatic rings. The summed E-state index contributed by atoms with van der Waals surface area (Å²) < 4.78 is 1.78. The van der Waals surface area contributed by atoms with Gasteiger partial charge in [-0.2, -0.15) is 0 Å². The molecule has 22 heavy (non-hydrogen) atoms. The molecule has 2 atom stereocenters. The van der Waals surface area contributed by atoms with Gasteiger partial charge in [-0.3, -0.25) is 4.98 Å². The van der Waals surface area contributed by atoms with Crippen LogP contribution in [0.5, 0.6) is 0 Å². The SMILES string of the molecule is O[C@H]1CCCC[C@@H]1Nc1nn2cc(-c3cccnc3)nc2s1. The summed E-state index contributed by atoms with van der Waals surface area (Å²) in [5.41, 5.74) is 1.86. The van der Waals surface area contributed by atoms with Gasteiger partial charge in [0.05, 0.1) is 24.0 Å². The molecule has 2 N–H and O–H groups in total. The second-order valence-corrected chi connectivity index (χ2v) is 6.56. The van der Waals surface area contributed by atoms with Crippen LogP contribution in [-0.4, -0.2) is 36.8 Å². The molecule has 0 spiro atoms. The molecular formula is C15H17N5OS. The number of nitrogens with one attached hydrogen (secondary N) is 1. The highest BCUT2D eigenvalue weighted by molar-refractivity contribution is 7.20. The number of aromatic nitrogens is 4. The third-order valence-electron chi connectivity index (χ3n) is 4.04. The van der Waals surface area contributed by atoms with Crippen molar-refractivity contribution < 1.29 is 5.11 Å². The summed E-state index contributed by atoms with van der Waals surface area (Å²) in [5.74, 6) is 0. The Balaban J connectivity index is 1.56. The zero-order valence-corrected chi connectivity index (χ0v) is 12.8. The highest BCUT2D eigenvalue weighted by Crippen LogP contribution is 2.27. The maximum absolute atomic E-state index is 10.0. The fourth-order valence-corrected chi connectivity index (χ4v) is 3.69. The summed E-state index contributed by atoms with van der Waals surface area (Å²) in [5, 5.41) is 18.7. The van der Waals surface area contributed by atoms with Gasteiger partial charge in [0.2, 0.25) is 10.1 Å². The Morgan fingerprint density at radius 2 is 2.23 bits per heavy atom. The van der Waals surface area contributed by atoms with Gasteiger partial charge in [0.15, 0.2) is 0 Å². The average molecular weight is 315 g/mol. The number of imidazole rings is 1. The van der Waals surface area contributed by atoms with Gasteiger partial charge in [-0.15, -0.1) is 5.10 Å². The molecule has 6 nitrogen and oxygen atoms in total. The van der Waals surface area contributed by atoms with Gasteiger partial charge >= 0.3 is 0 Å². The van der Waals surface area contributed by atoms with Gasteiger partial charge in [-0.25, -0.2) is 9.50 Å². The Morgan fingerprint density at radius 3 is 3.00 bits per heavy atom. The van der Waals surface area contributed by atoms with E-state index in [2.05, 4.69) is 20.4 Å². The first-order valence-corrected chi connectivity index (χ1v) is 8.32. The van der Waals surface area contributed by atoms with Gasteiger partial charge in [0.1, 0.15) is 0 Å².